The molecule has 5 nitrogen and oxygen atoms in total. The van der Waals surface area contributed by atoms with Crippen LogP contribution in [0.3, 0.4) is 0 Å². The van der Waals surface area contributed by atoms with Gasteiger partial charge in [0.2, 0.25) is 5.95 Å². The molecule has 1 rings (SSSR count). The Kier molecular flexibility index (Phi) is 4.42. The zero-order valence-corrected chi connectivity index (χ0v) is 8.73. The average Bonchev–Trinajstić information content (AvgIpc) is 2.52. The van der Waals surface area contributed by atoms with Crippen molar-refractivity contribution >= 4 is 5.95 Å². The molecular formula is C9H18N4O. The minimum absolute atomic E-state index is 0.0905. The van der Waals surface area contributed by atoms with Crippen molar-refractivity contribution in [2.75, 3.05) is 25.6 Å². The number of nitrogens with two attached hydrogens (primary N) is 1. The van der Waals surface area contributed by atoms with Crippen molar-refractivity contribution in [1.82, 2.24) is 9.55 Å². The van der Waals surface area contributed by atoms with Crippen molar-refractivity contribution in [1.29, 1.82) is 0 Å². The molecule has 0 aliphatic carbocycles. The molecule has 0 amide bonds. The Bertz CT molecular complexity index is 261. The smallest absolute Gasteiger partial charge is 0.202 e. The predicted molar refractivity (Wildman–Crippen MR) is 56.2 cm³/mol. The lowest BCUT2D eigenvalue weighted by Gasteiger charge is -2.11. The maximum Gasteiger partial charge on any atom is 0.202 e. The zero-order chi connectivity index (χ0) is 10.4. The number of hydrogen-bond acceptors (Lipinski definition) is 4. The topological polar surface area (TPSA) is 65.1 Å². The summed E-state index contributed by atoms with van der Waals surface area (Å²) in [6.45, 7) is 1.41. The summed E-state index contributed by atoms with van der Waals surface area (Å²) >= 11 is 0. The Morgan fingerprint density at radius 1 is 1.71 bits per heavy atom. The minimum Gasteiger partial charge on any atom is -0.383 e. The Morgan fingerprint density at radius 2 is 2.50 bits per heavy atom. The van der Waals surface area contributed by atoms with E-state index in [1.165, 1.54) is 0 Å². The van der Waals surface area contributed by atoms with E-state index < -0.39 is 0 Å². The zero-order valence-electron chi connectivity index (χ0n) is 8.73. The molecule has 0 aromatic carbocycles. The van der Waals surface area contributed by atoms with E-state index in [0.717, 1.165) is 18.9 Å². The van der Waals surface area contributed by atoms with Crippen LogP contribution >= 0.6 is 0 Å². The fraction of sp³-hybridized carbons (Fsp3) is 0.667. The summed E-state index contributed by atoms with van der Waals surface area (Å²) in [4.78, 5) is 4.14. The maximum atomic E-state index is 5.77. The van der Waals surface area contributed by atoms with Gasteiger partial charge in [-0.1, -0.05) is 0 Å². The summed E-state index contributed by atoms with van der Waals surface area (Å²) in [5, 5.41) is 3.20. The third-order valence-corrected chi connectivity index (χ3v) is 2.00. The SMILES string of the molecule is COCC(N)CCNc1nccn1C. The van der Waals surface area contributed by atoms with Gasteiger partial charge in [0.15, 0.2) is 0 Å². The van der Waals surface area contributed by atoms with E-state index in [1.54, 1.807) is 13.3 Å². The van der Waals surface area contributed by atoms with Crippen LogP contribution in [0.4, 0.5) is 5.95 Å². The number of hydrogen-bond donors (Lipinski definition) is 2. The third kappa shape index (κ3) is 3.35. The van der Waals surface area contributed by atoms with E-state index in [2.05, 4.69) is 10.3 Å². The van der Waals surface area contributed by atoms with Crippen molar-refractivity contribution in [2.24, 2.45) is 12.8 Å². The monoisotopic (exact) mass is 198 g/mol. The molecule has 0 aliphatic rings. The second-order valence-electron chi connectivity index (χ2n) is 3.29. The van der Waals surface area contributed by atoms with Crippen molar-refractivity contribution in [3.8, 4) is 0 Å². The van der Waals surface area contributed by atoms with Gasteiger partial charge in [-0.3, -0.25) is 0 Å². The summed E-state index contributed by atoms with van der Waals surface area (Å²) < 4.78 is 6.87. The van der Waals surface area contributed by atoms with Crippen LogP contribution in [0, 0.1) is 0 Å². The molecule has 0 aliphatic heterocycles. The van der Waals surface area contributed by atoms with Crippen molar-refractivity contribution in [3.05, 3.63) is 12.4 Å². The van der Waals surface area contributed by atoms with Crippen LogP contribution in [0.2, 0.25) is 0 Å². The molecule has 0 radical (unpaired) electrons. The third-order valence-electron chi connectivity index (χ3n) is 2.00. The first-order chi connectivity index (χ1) is 6.74. The second kappa shape index (κ2) is 5.62. The van der Waals surface area contributed by atoms with Crippen molar-refractivity contribution in [2.45, 2.75) is 12.5 Å². The molecule has 0 fully saturated rings. The highest BCUT2D eigenvalue weighted by Gasteiger charge is 2.02. The molecule has 0 saturated heterocycles. The van der Waals surface area contributed by atoms with E-state index in [1.807, 2.05) is 17.8 Å². The molecule has 0 bridgehead atoms. The molecule has 5 heteroatoms. The lowest BCUT2D eigenvalue weighted by Crippen LogP contribution is -2.28. The van der Waals surface area contributed by atoms with E-state index in [-0.39, 0.29) is 6.04 Å². The van der Waals surface area contributed by atoms with Crippen LogP contribution in [-0.2, 0) is 11.8 Å². The van der Waals surface area contributed by atoms with Crippen LogP contribution in [0.1, 0.15) is 6.42 Å². The number of imidazole rings is 1. The van der Waals surface area contributed by atoms with E-state index in [4.69, 9.17) is 10.5 Å². The van der Waals surface area contributed by atoms with Gasteiger partial charge in [-0.05, 0) is 6.42 Å². The molecule has 3 N–H and O–H groups in total. The van der Waals surface area contributed by atoms with Gasteiger partial charge in [0.25, 0.3) is 0 Å². The van der Waals surface area contributed by atoms with Gasteiger partial charge in [0.1, 0.15) is 0 Å². The number of rotatable bonds is 6. The van der Waals surface area contributed by atoms with Gasteiger partial charge in [-0.15, -0.1) is 0 Å². The van der Waals surface area contributed by atoms with Gasteiger partial charge < -0.3 is 20.4 Å². The van der Waals surface area contributed by atoms with Crippen molar-refractivity contribution < 1.29 is 4.74 Å². The summed E-state index contributed by atoms with van der Waals surface area (Å²) in [6, 6.07) is 0.0905. The molecule has 14 heavy (non-hydrogen) atoms. The maximum absolute atomic E-state index is 5.77. The highest BCUT2D eigenvalue weighted by Crippen LogP contribution is 2.00. The van der Waals surface area contributed by atoms with E-state index >= 15 is 0 Å². The molecule has 0 spiro atoms. The largest absolute Gasteiger partial charge is 0.383 e. The number of ether oxygens (including phenoxy) is 1. The molecule has 0 saturated carbocycles. The van der Waals surface area contributed by atoms with Crippen LogP contribution < -0.4 is 11.1 Å². The summed E-state index contributed by atoms with van der Waals surface area (Å²) in [6.07, 6.45) is 4.54. The molecular weight excluding hydrogens is 180 g/mol. The first kappa shape index (κ1) is 11.0. The summed E-state index contributed by atoms with van der Waals surface area (Å²) in [5.41, 5.74) is 5.77. The standard InChI is InChI=1S/C9H18N4O/c1-13-6-5-12-9(13)11-4-3-8(10)7-14-2/h5-6,8H,3-4,7,10H2,1-2H3,(H,11,12). The van der Waals surface area contributed by atoms with Gasteiger partial charge in [0.05, 0.1) is 6.61 Å². The Balaban J connectivity index is 2.19. The number of nitrogens with zero attached hydrogens (tertiary/aromatic N) is 2. The number of aryl methyl sites for hydroxylation is 1. The number of methoxy groups -OCH3 is 1. The van der Waals surface area contributed by atoms with E-state index in [9.17, 15) is 0 Å². The number of aromatic nitrogens is 2. The van der Waals surface area contributed by atoms with E-state index in [0.29, 0.717) is 6.61 Å². The lowest BCUT2D eigenvalue weighted by atomic mass is 10.2. The minimum atomic E-state index is 0.0905. The normalized spacial score (nSPS) is 12.8. The van der Waals surface area contributed by atoms with Crippen LogP contribution in [0.5, 0.6) is 0 Å². The van der Waals surface area contributed by atoms with Gasteiger partial charge in [-0.25, -0.2) is 4.98 Å². The molecule has 1 unspecified atom stereocenters. The predicted octanol–water partition coefficient (Wildman–Crippen LogP) is 0.196. The van der Waals surface area contributed by atoms with Gasteiger partial charge >= 0.3 is 0 Å². The molecule has 1 heterocycles. The summed E-state index contributed by atoms with van der Waals surface area (Å²) in [7, 11) is 3.61. The second-order valence-corrected chi connectivity index (χ2v) is 3.29. The first-order valence-corrected chi connectivity index (χ1v) is 4.69. The Hall–Kier alpha value is -1.07. The Labute approximate surface area is 84.3 Å². The lowest BCUT2D eigenvalue weighted by molar-refractivity contribution is 0.178. The van der Waals surface area contributed by atoms with Crippen LogP contribution in [-0.4, -0.2) is 35.9 Å². The van der Waals surface area contributed by atoms with Gasteiger partial charge in [-0.2, -0.15) is 0 Å². The quantitative estimate of drug-likeness (QED) is 0.685. The average molecular weight is 198 g/mol. The summed E-state index contributed by atoms with van der Waals surface area (Å²) in [5.74, 6) is 0.870. The van der Waals surface area contributed by atoms with Crippen LogP contribution in [0.15, 0.2) is 12.4 Å². The van der Waals surface area contributed by atoms with Crippen molar-refractivity contribution in [3.63, 3.8) is 0 Å². The number of anilines is 1. The Morgan fingerprint density at radius 3 is 3.07 bits per heavy atom. The molecule has 1 aromatic rings. The highest BCUT2D eigenvalue weighted by molar-refractivity contribution is 5.24. The van der Waals surface area contributed by atoms with Crippen LogP contribution in [0.25, 0.3) is 0 Å². The molecule has 1 atom stereocenters. The fourth-order valence-corrected chi connectivity index (χ4v) is 1.20. The highest BCUT2D eigenvalue weighted by atomic mass is 16.5. The molecule has 1 aromatic heterocycles. The molecule has 80 valence electrons. The fourth-order valence-electron chi connectivity index (χ4n) is 1.20. The number of nitrogens with one attached hydrogen (secondary N) is 1. The van der Waals surface area contributed by atoms with Gasteiger partial charge in [0, 0.05) is 39.1 Å². The first-order valence-electron chi connectivity index (χ1n) is 4.69.